The second-order valence-electron chi connectivity index (χ2n) is 4.78. The Hall–Kier alpha value is -1.87. The number of halogens is 2. The summed E-state index contributed by atoms with van der Waals surface area (Å²) in [6.45, 7) is 2.45. The molecule has 0 aliphatic carbocycles. The largest absolute Gasteiger partial charge is 0.322 e. The van der Waals surface area contributed by atoms with Crippen LogP contribution in [0.5, 0.6) is 0 Å². The van der Waals surface area contributed by atoms with E-state index in [0.29, 0.717) is 18.0 Å². The molecule has 0 amide bonds. The van der Waals surface area contributed by atoms with Crippen LogP contribution in [0, 0.1) is 12.7 Å². The van der Waals surface area contributed by atoms with Crippen molar-refractivity contribution in [2.24, 2.45) is 0 Å². The van der Waals surface area contributed by atoms with Gasteiger partial charge >= 0.3 is 0 Å². The number of hydrogen-bond donors (Lipinski definition) is 0. The fourth-order valence-electron chi connectivity index (χ4n) is 2.41. The summed E-state index contributed by atoms with van der Waals surface area (Å²) in [5.74, 6) is 0.865. The number of imidazole rings is 1. The summed E-state index contributed by atoms with van der Waals surface area (Å²) in [5, 5.41) is 0. The fraction of sp³-hybridized carbons (Fsp3) is 0.188. The standard InChI is InChI=1S/C16H14ClFN2/c1-11-5-4-8-14-16(11)19-15(9-17)20(14)10-12-6-2-3-7-13(12)18/h2-8H,9-10H2,1H3. The van der Waals surface area contributed by atoms with E-state index in [1.54, 1.807) is 12.1 Å². The molecule has 0 saturated carbocycles. The van der Waals surface area contributed by atoms with Gasteiger partial charge in [0.1, 0.15) is 11.6 Å². The maximum atomic E-state index is 13.8. The molecule has 0 bridgehead atoms. The lowest BCUT2D eigenvalue weighted by Crippen LogP contribution is -2.05. The minimum atomic E-state index is -0.206. The van der Waals surface area contributed by atoms with Crippen LogP contribution in [0.25, 0.3) is 11.0 Å². The number of benzene rings is 2. The highest BCUT2D eigenvalue weighted by Crippen LogP contribution is 2.22. The van der Waals surface area contributed by atoms with Crippen molar-refractivity contribution in [3.63, 3.8) is 0 Å². The van der Waals surface area contributed by atoms with Gasteiger partial charge in [0, 0.05) is 5.56 Å². The van der Waals surface area contributed by atoms with Crippen molar-refractivity contribution >= 4 is 22.6 Å². The van der Waals surface area contributed by atoms with Crippen molar-refractivity contribution < 1.29 is 4.39 Å². The predicted octanol–water partition coefficient (Wildman–Crippen LogP) is 4.27. The average Bonchev–Trinajstić information content (AvgIpc) is 2.81. The maximum Gasteiger partial charge on any atom is 0.128 e. The molecule has 1 heterocycles. The SMILES string of the molecule is Cc1cccc2c1nc(CCl)n2Cc1ccccc1F. The third-order valence-electron chi connectivity index (χ3n) is 3.47. The number of aryl methyl sites for hydroxylation is 1. The van der Waals surface area contributed by atoms with Crippen LogP contribution in [0.1, 0.15) is 17.0 Å². The highest BCUT2D eigenvalue weighted by Gasteiger charge is 2.13. The molecule has 0 aliphatic heterocycles. The summed E-state index contributed by atoms with van der Waals surface area (Å²) in [6, 6.07) is 12.8. The van der Waals surface area contributed by atoms with Crippen LogP contribution in [-0.4, -0.2) is 9.55 Å². The van der Waals surface area contributed by atoms with E-state index < -0.39 is 0 Å². The van der Waals surface area contributed by atoms with E-state index >= 15 is 0 Å². The zero-order valence-corrected chi connectivity index (χ0v) is 11.9. The molecule has 0 N–H and O–H groups in total. The maximum absolute atomic E-state index is 13.8. The molecular formula is C16H14ClFN2. The minimum Gasteiger partial charge on any atom is -0.322 e. The van der Waals surface area contributed by atoms with Gasteiger partial charge in [-0.2, -0.15) is 0 Å². The molecule has 0 unspecified atom stereocenters. The van der Waals surface area contributed by atoms with Crippen LogP contribution in [0.15, 0.2) is 42.5 Å². The van der Waals surface area contributed by atoms with Crippen LogP contribution in [0.2, 0.25) is 0 Å². The number of aromatic nitrogens is 2. The molecule has 3 aromatic rings. The molecule has 0 atom stereocenters. The first-order valence-corrected chi connectivity index (χ1v) is 6.98. The van der Waals surface area contributed by atoms with Crippen LogP contribution in [-0.2, 0) is 12.4 Å². The first kappa shape index (κ1) is 13.1. The van der Waals surface area contributed by atoms with Crippen LogP contribution >= 0.6 is 11.6 Å². The van der Waals surface area contributed by atoms with Crippen molar-refractivity contribution in [1.82, 2.24) is 9.55 Å². The number of rotatable bonds is 3. The quantitative estimate of drug-likeness (QED) is 0.658. The Kier molecular flexibility index (Phi) is 3.45. The molecule has 3 rings (SSSR count). The number of para-hydroxylation sites is 1. The molecule has 2 aromatic carbocycles. The predicted molar refractivity (Wildman–Crippen MR) is 79.5 cm³/mol. The van der Waals surface area contributed by atoms with E-state index in [1.165, 1.54) is 6.07 Å². The van der Waals surface area contributed by atoms with Gasteiger partial charge in [-0.1, -0.05) is 30.3 Å². The van der Waals surface area contributed by atoms with E-state index in [1.807, 2.05) is 35.8 Å². The van der Waals surface area contributed by atoms with Gasteiger partial charge in [-0.15, -0.1) is 11.6 Å². The molecule has 0 fully saturated rings. The van der Waals surface area contributed by atoms with E-state index in [4.69, 9.17) is 11.6 Å². The third kappa shape index (κ3) is 2.18. The van der Waals surface area contributed by atoms with Gasteiger partial charge in [0.25, 0.3) is 0 Å². The lowest BCUT2D eigenvalue weighted by atomic mass is 10.2. The molecule has 102 valence electrons. The summed E-state index contributed by atoms with van der Waals surface area (Å²) < 4.78 is 15.8. The highest BCUT2D eigenvalue weighted by molar-refractivity contribution is 6.16. The smallest absolute Gasteiger partial charge is 0.128 e. The van der Waals surface area contributed by atoms with Crippen molar-refractivity contribution in [2.45, 2.75) is 19.3 Å². The summed E-state index contributed by atoms with van der Waals surface area (Å²) in [7, 11) is 0. The van der Waals surface area contributed by atoms with Crippen LogP contribution in [0.4, 0.5) is 4.39 Å². The third-order valence-corrected chi connectivity index (χ3v) is 3.70. The second kappa shape index (κ2) is 5.25. The molecule has 0 saturated heterocycles. The van der Waals surface area contributed by atoms with Crippen LogP contribution < -0.4 is 0 Å². The Morgan fingerprint density at radius 2 is 1.95 bits per heavy atom. The zero-order chi connectivity index (χ0) is 14.1. The topological polar surface area (TPSA) is 17.8 Å². The van der Waals surface area contributed by atoms with Crippen molar-refractivity contribution in [3.8, 4) is 0 Å². The number of hydrogen-bond acceptors (Lipinski definition) is 1. The van der Waals surface area contributed by atoms with E-state index in [9.17, 15) is 4.39 Å². The van der Waals surface area contributed by atoms with Gasteiger partial charge in [0.05, 0.1) is 23.5 Å². The molecule has 0 radical (unpaired) electrons. The molecule has 1 aromatic heterocycles. The number of fused-ring (bicyclic) bond motifs is 1. The zero-order valence-electron chi connectivity index (χ0n) is 11.1. The first-order valence-electron chi connectivity index (χ1n) is 6.45. The molecule has 4 heteroatoms. The van der Waals surface area contributed by atoms with Crippen molar-refractivity contribution in [1.29, 1.82) is 0 Å². The lowest BCUT2D eigenvalue weighted by molar-refractivity contribution is 0.599. The molecular weight excluding hydrogens is 275 g/mol. The number of nitrogens with zero attached hydrogens (tertiary/aromatic N) is 2. The van der Waals surface area contributed by atoms with Crippen LogP contribution in [0.3, 0.4) is 0 Å². The van der Waals surface area contributed by atoms with Gasteiger partial charge in [0.15, 0.2) is 0 Å². The highest BCUT2D eigenvalue weighted by atomic mass is 35.5. The van der Waals surface area contributed by atoms with E-state index in [2.05, 4.69) is 4.98 Å². The monoisotopic (exact) mass is 288 g/mol. The summed E-state index contributed by atoms with van der Waals surface area (Å²) >= 11 is 5.98. The Morgan fingerprint density at radius 3 is 2.70 bits per heavy atom. The van der Waals surface area contributed by atoms with E-state index in [-0.39, 0.29) is 5.82 Å². The average molecular weight is 289 g/mol. The van der Waals surface area contributed by atoms with Crippen molar-refractivity contribution in [2.75, 3.05) is 0 Å². The van der Waals surface area contributed by atoms with Gasteiger partial charge < -0.3 is 4.57 Å². The summed E-state index contributed by atoms with van der Waals surface area (Å²) in [4.78, 5) is 4.57. The van der Waals surface area contributed by atoms with Gasteiger partial charge in [-0.05, 0) is 24.6 Å². The van der Waals surface area contributed by atoms with E-state index in [0.717, 1.165) is 22.4 Å². The molecule has 0 aliphatic rings. The molecule has 2 nitrogen and oxygen atoms in total. The first-order chi connectivity index (χ1) is 9.70. The Bertz CT molecular complexity index is 764. The Morgan fingerprint density at radius 1 is 1.15 bits per heavy atom. The Balaban J connectivity index is 2.15. The normalized spacial score (nSPS) is 11.2. The summed E-state index contributed by atoms with van der Waals surface area (Å²) in [6.07, 6.45) is 0. The van der Waals surface area contributed by atoms with Crippen molar-refractivity contribution in [3.05, 3.63) is 65.2 Å². The van der Waals surface area contributed by atoms with Gasteiger partial charge in [-0.25, -0.2) is 9.37 Å². The summed E-state index contributed by atoms with van der Waals surface area (Å²) in [5.41, 5.74) is 3.66. The Labute approximate surface area is 121 Å². The second-order valence-corrected chi connectivity index (χ2v) is 5.05. The molecule has 0 spiro atoms. The molecule has 20 heavy (non-hydrogen) atoms. The van der Waals surface area contributed by atoms with Gasteiger partial charge in [0.2, 0.25) is 0 Å². The lowest BCUT2D eigenvalue weighted by Gasteiger charge is -2.09. The minimum absolute atomic E-state index is 0.206. The van der Waals surface area contributed by atoms with Gasteiger partial charge in [-0.3, -0.25) is 0 Å². The fourth-order valence-corrected chi connectivity index (χ4v) is 2.61. The number of alkyl halides is 1.